The summed E-state index contributed by atoms with van der Waals surface area (Å²) in [6.07, 6.45) is 0. The number of carbonyl (C=O) groups is 1. The van der Waals surface area contributed by atoms with Crippen LogP contribution in [0.2, 0.25) is 36.3 Å². The van der Waals surface area contributed by atoms with Crippen LogP contribution in [0.5, 0.6) is 5.75 Å². The molecule has 4 nitrogen and oxygen atoms in total. The molecule has 2 aromatic rings. The van der Waals surface area contributed by atoms with Crippen molar-refractivity contribution >= 4 is 33.5 Å². The third-order valence-corrected chi connectivity index (χ3v) is 14.9. The van der Waals surface area contributed by atoms with Crippen molar-refractivity contribution < 1.29 is 13.6 Å². The average Bonchev–Trinajstić information content (AvgIpc) is 2.51. The highest BCUT2D eigenvalue weighted by molar-refractivity contribution is 6.75. The molecule has 0 aliphatic heterocycles. The van der Waals surface area contributed by atoms with Crippen LogP contribution in [0.4, 0.5) is 0 Å². The number of pyridine rings is 1. The molecule has 0 amide bonds. The quantitative estimate of drug-likeness (QED) is 0.514. The zero-order valence-corrected chi connectivity index (χ0v) is 21.1. The molecule has 0 radical (unpaired) electrons. The van der Waals surface area contributed by atoms with Crippen LogP contribution in [0.25, 0.3) is 10.9 Å². The van der Waals surface area contributed by atoms with Gasteiger partial charge in [0.15, 0.2) is 5.69 Å². The molecule has 6 heteroatoms. The van der Waals surface area contributed by atoms with Crippen LogP contribution < -0.4 is 4.43 Å². The van der Waals surface area contributed by atoms with E-state index in [-0.39, 0.29) is 16.0 Å². The Labute approximate surface area is 171 Å². The molecule has 1 aromatic carbocycles. The summed E-state index contributed by atoms with van der Waals surface area (Å²) in [5, 5.41) is 0.926. The van der Waals surface area contributed by atoms with Crippen LogP contribution in [0.3, 0.4) is 0 Å². The van der Waals surface area contributed by atoms with Gasteiger partial charge in [-0.3, -0.25) is 0 Å². The number of hydrogen-bond acceptors (Lipinski definition) is 4. The van der Waals surface area contributed by atoms with Crippen molar-refractivity contribution in [3.63, 3.8) is 0 Å². The van der Waals surface area contributed by atoms with Crippen LogP contribution >= 0.6 is 0 Å². The zero-order valence-electron chi connectivity index (χ0n) is 19.1. The minimum absolute atomic E-state index is 0.0547. The Morgan fingerprint density at radius 1 is 0.893 bits per heavy atom. The zero-order chi connectivity index (χ0) is 21.5. The van der Waals surface area contributed by atoms with Gasteiger partial charge < -0.3 is 8.85 Å². The van der Waals surface area contributed by atoms with Crippen LogP contribution in [0.1, 0.15) is 52.0 Å². The molecule has 0 spiro atoms. The van der Waals surface area contributed by atoms with Crippen molar-refractivity contribution in [3.8, 4) is 5.75 Å². The fourth-order valence-corrected chi connectivity index (χ4v) is 4.10. The van der Waals surface area contributed by atoms with E-state index in [1.807, 2.05) is 24.3 Å². The molecule has 0 bridgehead atoms. The maximum absolute atomic E-state index is 13.0. The van der Waals surface area contributed by atoms with Crippen molar-refractivity contribution in [2.75, 3.05) is 0 Å². The van der Waals surface area contributed by atoms with E-state index >= 15 is 0 Å². The summed E-state index contributed by atoms with van der Waals surface area (Å²) in [7, 11) is -4.30. The number of benzene rings is 1. The van der Waals surface area contributed by atoms with E-state index in [1.165, 1.54) is 0 Å². The Morgan fingerprint density at radius 2 is 1.43 bits per heavy atom. The van der Waals surface area contributed by atoms with Gasteiger partial charge in [-0.05, 0) is 48.4 Å². The number of carbonyl (C=O) groups excluding carboxylic acids is 1. The van der Waals surface area contributed by atoms with Crippen molar-refractivity contribution in [2.45, 2.75) is 77.8 Å². The molecule has 0 saturated carbocycles. The number of nitrogens with zero attached hydrogens (tertiary/aromatic N) is 1. The first-order chi connectivity index (χ1) is 12.6. The summed E-state index contributed by atoms with van der Waals surface area (Å²) >= 11 is 0. The van der Waals surface area contributed by atoms with E-state index < -0.39 is 16.6 Å². The third kappa shape index (κ3) is 4.66. The minimum atomic E-state index is -2.23. The van der Waals surface area contributed by atoms with Crippen LogP contribution in [0, 0.1) is 0 Å². The molecule has 1 heterocycles. The second kappa shape index (κ2) is 7.30. The fourth-order valence-electron chi connectivity index (χ4n) is 2.20. The van der Waals surface area contributed by atoms with Gasteiger partial charge in [0, 0.05) is 11.5 Å². The Morgan fingerprint density at radius 3 is 1.96 bits per heavy atom. The first-order valence-electron chi connectivity index (χ1n) is 9.87. The van der Waals surface area contributed by atoms with Crippen LogP contribution in [-0.2, 0) is 4.43 Å². The molecule has 0 N–H and O–H groups in total. The van der Waals surface area contributed by atoms with E-state index in [0.717, 1.165) is 16.7 Å². The largest absolute Gasteiger partial charge is 0.543 e. The molecule has 1 aromatic heterocycles. The lowest BCUT2D eigenvalue weighted by Crippen LogP contribution is -2.44. The van der Waals surface area contributed by atoms with Gasteiger partial charge in [0.05, 0.1) is 5.52 Å². The maximum atomic E-state index is 13.0. The highest BCUT2D eigenvalue weighted by Crippen LogP contribution is 2.40. The number of aromatic nitrogens is 1. The highest BCUT2D eigenvalue weighted by atomic mass is 28.4. The van der Waals surface area contributed by atoms with Crippen molar-refractivity contribution in [1.82, 2.24) is 4.98 Å². The Hall–Kier alpha value is -1.67. The summed E-state index contributed by atoms with van der Waals surface area (Å²) in [6.45, 7) is 21.5. The van der Waals surface area contributed by atoms with Crippen molar-refractivity contribution in [3.05, 3.63) is 36.0 Å². The fraction of sp³-hybridized carbons (Fsp3) is 0.545. The first-order valence-corrected chi connectivity index (χ1v) is 15.7. The van der Waals surface area contributed by atoms with Crippen molar-refractivity contribution in [1.29, 1.82) is 0 Å². The Balaban J connectivity index is 2.51. The highest BCUT2D eigenvalue weighted by Gasteiger charge is 2.42. The van der Waals surface area contributed by atoms with Gasteiger partial charge in [-0.1, -0.05) is 53.7 Å². The second-order valence-electron chi connectivity index (χ2n) is 10.5. The summed E-state index contributed by atoms with van der Waals surface area (Å²) < 4.78 is 12.6. The summed E-state index contributed by atoms with van der Waals surface area (Å²) in [6, 6.07) is 9.56. The van der Waals surface area contributed by atoms with Gasteiger partial charge in [-0.15, -0.1) is 0 Å². The lowest BCUT2D eigenvalue weighted by atomic mass is 10.2. The normalized spacial score (nSPS) is 13.5. The topological polar surface area (TPSA) is 48.4 Å². The van der Waals surface area contributed by atoms with Gasteiger partial charge >= 0.3 is 5.97 Å². The molecule has 0 unspecified atom stereocenters. The molecule has 0 aliphatic rings. The van der Waals surface area contributed by atoms with Gasteiger partial charge in [0.1, 0.15) is 5.75 Å². The SMILES string of the molecule is CC(C)(C)[Si](C)(C)OC(=O)c1cc(O[Si](C)(C)C(C)(C)C)c2ccccc2n1. The molecule has 28 heavy (non-hydrogen) atoms. The Kier molecular flexibility index (Phi) is 5.90. The lowest BCUT2D eigenvalue weighted by molar-refractivity contribution is 0.0706. The predicted molar refractivity (Wildman–Crippen MR) is 122 cm³/mol. The van der Waals surface area contributed by atoms with E-state index in [4.69, 9.17) is 8.85 Å². The second-order valence-corrected chi connectivity index (χ2v) is 20.0. The minimum Gasteiger partial charge on any atom is -0.543 e. The van der Waals surface area contributed by atoms with E-state index in [2.05, 4.69) is 72.7 Å². The molecule has 154 valence electrons. The maximum Gasteiger partial charge on any atom is 0.343 e. The molecular weight excluding hydrogens is 382 g/mol. The number of fused-ring (bicyclic) bond motifs is 1. The monoisotopic (exact) mass is 417 g/mol. The molecule has 0 aliphatic carbocycles. The number of hydrogen-bond donors (Lipinski definition) is 0. The molecule has 0 fully saturated rings. The number of rotatable bonds is 4. The van der Waals surface area contributed by atoms with Gasteiger partial charge in [-0.2, -0.15) is 0 Å². The van der Waals surface area contributed by atoms with E-state index in [0.29, 0.717) is 5.69 Å². The van der Waals surface area contributed by atoms with Gasteiger partial charge in [-0.25, -0.2) is 9.78 Å². The lowest BCUT2D eigenvalue weighted by Gasteiger charge is -2.37. The number of para-hydroxylation sites is 1. The third-order valence-electron chi connectivity index (χ3n) is 6.21. The predicted octanol–water partition coefficient (Wildman–Crippen LogP) is 6.78. The standard InChI is InChI=1S/C22H35NO3Si2/c1-21(2,3)27(7,8)25-19-15-18(23-17-14-12-11-13-16(17)19)20(24)26-28(9,10)22(4,5)6/h11-15H,1-10H3. The molecule has 0 saturated heterocycles. The van der Waals surface area contributed by atoms with Crippen LogP contribution in [0.15, 0.2) is 30.3 Å². The van der Waals surface area contributed by atoms with Gasteiger partial charge in [0.25, 0.3) is 16.6 Å². The average molecular weight is 418 g/mol. The van der Waals surface area contributed by atoms with E-state index in [1.54, 1.807) is 6.07 Å². The smallest absolute Gasteiger partial charge is 0.343 e. The van der Waals surface area contributed by atoms with Gasteiger partial charge in [0.2, 0.25) is 0 Å². The van der Waals surface area contributed by atoms with Crippen LogP contribution in [-0.4, -0.2) is 27.6 Å². The molecule has 2 rings (SSSR count). The molecule has 0 atom stereocenters. The van der Waals surface area contributed by atoms with Crippen molar-refractivity contribution in [2.24, 2.45) is 0 Å². The summed E-state index contributed by atoms with van der Waals surface area (Å²) in [5.74, 6) is 0.358. The molecular formula is C22H35NO3Si2. The summed E-state index contributed by atoms with van der Waals surface area (Å²) in [5.41, 5.74) is 1.07. The van der Waals surface area contributed by atoms with E-state index in [9.17, 15) is 4.79 Å². The summed E-state index contributed by atoms with van der Waals surface area (Å²) in [4.78, 5) is 17.5. The Bertz CT molecular complexity index is 877. The first kappa shape index (κ1) is 22.6.